The first-order valence-corrected chi connectivity index (χ1v) is 13.8. The predicted octanol–water partition coefficient (Wildman–Crippen LogP) is 5.86. The number of hydrogen-bond acceptors (Lipinski definition) is 9. The Bertz CT molecular complexity index is 1470. The van der Waals surface area contributed by atoms with Gasteiger partial charge in [0.2, 0.25) is 5.91 Å². The van der Waals surface area contributed by atoms with E-state index in [1.54, 1.807) is 0 Å². The molecule has 38 heavy (non-hydrogen) atoms. The molecule has 0 bridgehead atoms. The number of rotatable bonds is 8. The second-order valence-corrected chi connectivity index (χ2v) is 10.3. The number of aromatic nitrogens is 2. The normalized spacial score (nSPS) is 12.2. The molecule has 10 heteroatoms. The number of carbonyl (C=O) groups is 2. The highest BCUT2D eigenvalue weighted by Gasteiger charge is 2.24. The van der Waals surface area contributed by atoms with Crippen LogP contribution in [-0.4, -0.2) is 47.9 Å². The van der Waals surface area contributed by atoms with E-state index in [9.17, 15) is 9.59 Å². The molecule has 2 aromatic carbocycles. The summed E-state index contributed by atoms with van der Waals surface area (Å²) in [7, 11) is 1.32. The van der Waals surface area contributed by atoms with E-state index in [4.69, 9.17) is 14.2 Å². The van der Waals surface area contributed by atoms with Gasteiger partial charge in [-0.1, -0.05) is 36.4 Å². The van der Waals surface area contributed by atoms with Crippen molar-refractivity contribution in [3.05, 3.63) is 71.4 Å². The van der Waals surface area contributed by atoms with E-state index in [1.807, 2.05) is 66.9 Å². The molecular formula is C28H25N3O5S2. The second kappa shape index (κ2) is 11.7. The summed E-state index contributed by atoms with van der Waals surface area (Å²) in [6.45, 7) is 2.82. The molecule has 0 spiro atoms. The first kappa shape index (κ1) is 25.7. The van der Waals surface area contributed by atoms with Crippen LogP contribution in [0.25, 0.3) is 22.4 Å². The highest BCUT2D eigenvalue weighted by molar-refractivity contribution is 7.99. The molecule has 1 aliphatic heterocycles. The number of hydrogen-bond donors (Lipinski definition) is 1. The van der Waals surface area contributed by atoms with Crippen LogP contribution in [0.3, 0.4) is 0 Å². The van der Waals surface area contributed by atoms with Gasteiger partial charge in [-0.25, -0.2) is 14.8 Å². The molecule has 8 nitrogen and oxygen atoms in total. The van der Waals surface area contributed by atoms with Crippen molar-refractivity contribution < 1.29 is 23.8 Å². The number of ether oxygens (including phenoxy) is 3. The smallest absolute Gasteiger partial charge is 0.341 e. The highest BCUT2D eigenvalue weighted by atomic mass is 32.2. The summed E-state index contributed by atoms with van der Waals surface area (Å²) in [5.74, 6) is 1.75. The largest absolute Gasteiger partial charge is 0.486 e. The minimum absolute atomic E-state index is 0.202. The zero-order chi connectivity index (χ0) is 26.5. The third-order valence-electron chi connectivity index (χ3n) is 5.75. The van der Waals surface area contributed by atoms with Crippen LogP contribution in [0.15, 0.2) is 65.0 Å². The zero-order valence-electron chi connectivity index (χ0n) is 20.9. The number of carbonyl (C=O) groups excluding carboxylic acids is 2. The van der Waals surface area contributed by atoms with E-state index in [2.05, 4.69) is 15.3 Å². The van der Waals surface area contributed by atoms with Gasteiger partial charge in [-0.2, -0.15) is 0 Å². The zero-order valence-corrected chi connectivity index (χ0v) is 22.5. The molecule has 1 amide bonds. The Morgan fingerprint density at radius 2 is 1.82 bits per heavy atom. The number of anilines is 1. The van der Waals surface area contributed by atoms with Crippen molar-refractivity contribution in [2.75, 3.05) is 31.4 Å². The Labute approximate surface area is 228 Å². The molecule has 4 aromatic rings. The van der Waals surface area contributed by atoms with Crippen molar-refractivity contribution in [2.45, 2.75) is 18.4 Å². The SMILES string of the molecule is COC(=O)c1c(-c2ccc3c(c2)OCCO3)csc1NC(=O)CCSc1cc(-c2ccccc2)nc(C)n1. The van der Waals surface area contributed by atoms with Gasteiger partial charge < -0.3 is 19.5 Å². The van der Waals surface area contributed by atoms with Gasteiger partial charge in [0.1, 0.15) is 34.6 Å². The molecule has 2 aromatic heterocycles. The lowest BCUT2D eigenvalue weighted by atomic mass is 10.0. The molecule has 3 heterocycles. The molecule has 5 rings (SSSR count). The number of amides is 1. The van der Waals surface area contributed by atoms with E-state index in [0.29, 0.717) is 52.4 Å². The number of nitrogens with zero attached hydrogens (tertiary/aromatic N) is 2. The summed E-state index contributed by atoms with van der Waals surface area (Å²) >= 11 is 2.77. The van der Waals surface area contributed by atoms with Crippen LogP contribution >= 0.6 is 23.1 Å². The number of thioether (sulfide) groups is 1. The van der Waals surface area contributed by atoms with Crippen LogP contribution in [0, 0.1) is 6.92 Å². The van der Waals surface area contributed by atoms with Gasteiger partial charge >= 0.3 is 5.97 Å². The lowest BCUT2D eigenvalue weighted by Crippen LogP contribution is -2.15. The number of methoxy groups -OCH3 is 1. The molecule has 0 aliphatic carbocycles. The Morgan fingerprint density at radius 1 is 1.03 bits per heavy atom. The topological polar surface area (TPSA) is 99.6 Å². The molecule has 0 saturated carbocycles. The Morgan fingerprint density at radius 3 is 2.61 bits per heavy atom. The highest BCUT2D eigenvalue weighted by Crippen LogP contribution is 2.40. The second-order valence-electron chi connectivity index (χ2n) is 8.35. The van der Waals surface area contributed by atoms with E-state index in [1.165, 1.54) is 30.2 Å². The fourth-order valence-electron chi connectivity index (χ4n) is 3.99. The molecule has 0 unspecified atom stereocenters. The van der Waals surface area contributed by atoms with Gasteiger partial charge in [0.05, 0.1) is 12.8 Å². The summed E-state index contributed by atoms with van der Waals surface area (Å²) < 4.78 is 16.3. The fraction of sp³-hybridized carbons (Fsp3) is 0.214. The van der Waals surface area contributed by atoms with Crippen molar-refractivity contribution in [3.8, 4) is 33.9 Å². The van der Waals surface area contributed by atoms with Crippen LogP contribution < -0.4 is 14.8 Å². The van der Waals surface area contributed by atoms with Crippen molar-refractivity contribution >= 4 is 40.0 Å². The number of esters is 1. The van der Waals surface area contributed by atoms with Gasteiger partial charge in [0.25, 0.3) is 0 Å². The average molecular weight is 548 g/mol. The van der Waals surface area contributed by atoms with E-state index >= 15 is 0 Å². The maximum atomic E-state index is 12.8. The maximum absolute atomic E-state index is 12.8. The number of thiophene rings is 1. The third-order valence-corrected chi connectivity index (χ3v) is 7.56. The van der Waals surface area contributed by atoms with Crippen LogP contribution in [0.1, 0.15) is 22.6 Å². The Hall–Kier alpha value is -3.89. The molecule has 194 valence electrons. The van der Waals surface area contributed by atoms with Crippen LogP contribution in [0.2, 0.25) is 0 Å². The summed E-state index contributed by atoms with van der Waals surface area (Å²) in [5.41, 5.74) is 3.61. The standard InChI is InChI=1S/C28H25N3O5S2/c1-17-29-21(18-6-4-3-5-7-18)15-25(30-17)37-13-10-24(32)31-27-26(28(33)34-2)20(16-38-27)19-8-9-22-23(14-19)36-12-11-35-22/h3-9,14-16H,10-13H2,1-2H3,(H,31,32). The van der Waals surface area contributed by atoms with Gasteiger partial charge in [-0.05, 0) is 30.7 Å². The quantitative estimate of drug-likeness (QED) is 0.166. The summed E-state index contributed by atoms with van der Waals surface area (Å²) in [4.78, 5) is 34.5. The third kappa shape index (κ3) is 5.81. The lowest BCUT2D eigenvalue weighted by Gasteiger charge is -2.19. The van der Waals surface area contributed by atoms with Crippen LogP contribution in [0.4, 0.5) is 5.00 Å². The number of benzene rings is 2. The van der Waals surface area contributed by atoms with Crippen LogP contribution in [-0.2, 0) is 9.53 Å². The van der Waals surface area contributed by atoms with E-state index in [0.717, 1.165) is 21.8 Å². The number of nitrogens with one attached hydrogen (secondary N) is 1. The average Bonchev–Trinajstić information content (AvgIpc) is 3.35. The summed E-state index contributed by atoms with van der Waals surface area (Å²) in [6.07, 6.45) is 0.242. The molecule has 0 atom stereocenters. The molecule has 0 saturated heterocycles. The molecule has 0 radical (unpaired) electrons. The fourth-order valence-corrected chi connectivity index (χ4v) is 5.85. The van der Waals surface area contributed by atoms with Crippen LogP contribution in [0.5, 0.6) is 11.5 Å². The maximum Gasteiger partial charge on any atom is 0.341 e. The minimum atomic E-state index is -0.522. The van der Waals surface area contributed by atoms with Crippen molar-refractivity contribution in [1.82, 2.24) is 9.97 Å². The van der Waals surface area contributed by atoms with Crippen molar-refractivity contribution in [3.63, 3.8) is 0 Å². The van der Waals surface area contributed by atoms with Gasteiger partial charge in [0.15, 0.2) is 11.5 Å². The van der Waals surface area contributed by atoms with Gasteiger partial charge in [-0.15, -0.1) is 23.1 Å². The van der Waals surface area contributed by atoms with E-state index in [-0.39, 0.29) is 12.3 Å². The molecule has 1 N–H and O–H groups in total. The van der Waals surface area contributed by atoms with Gasteiger partial charge in [0, 0.05) is 28.7 Å². The van der Waals surface area contributed by atoms with Gasteiger partial charge in [-0.3, -0.25) is 4.79 Å². The number of fused-ring (bicyclic) bond motifs is 1. The van der Waals surface area contributed by atoms with Crippen molar-refractivity contribution in [1.29, 1.82) is 0 Å². The summed E-state index contributed by atoms with van der Waals surface area (Å²) in [5, 5.41) is 5.97. The van der Waals surface area contributed by atoms with E-state index < -0.39 is 5.97 Å². The Balaban J connectivity index is 1.27. The van der Waals surface area contributed by atoms with Crippen molar-refractivity contribution in [2.24, 2.45) is 0 Å². The molecular weight excluding hydrogens is 522 g/mol. The number of aryl methyl sites for hydroxylation is 1. The minimum Gasteiger partial charge on any atom is -0.486 e. The monoisotopic (exact) mass is 547 g/mol. The predicted molar refractivity (Wildman–Crippen MR) is 148 cm³/mol. The lowest BCUT2D eigenvalue weighted by molar-refractivity contribution is -0.115. The molecule has 1 aliphatic rings. The first-order chi connectivity index (χ1) is 18.5. The first-order valence-electron chi connectivity index (χ1n) is 12.0. The Kier molecular flexibility index (Phi) is 7.90. The molecule has 0 fully saturated rings. The summed E-state index contributed by atoms with van der Waals surface area (Å²) in [6, 6.07) is 17.3.